The molecule has 23 heavy (non-hydrogen) atoms. The fraction of sp³-hybridized carbons (Fsp3) is 0.167. The minimum atomic E-state index is -0.109. The second-order valence-electron chi connectivity index (χ2n) is 5.37. The van der Waals surface area contributed by atoms with Gasteiger partial charge in [0.15, 0.2) is 0 Å². The molecule has 0 saturated heterocycles. The molecule has 5 heteroatoms. The molecule has 0 aliphatic heterocycles. The van der Waals surface area contributed by atoms with Gasteiger partial charge in [0.05, 0.1) is 11.4 Å². The number of carbonyl (C=O) groups excluding carboxylic acids is 1. The molecule has 1 aromatic carbocycles. The SMILES string of the molecule is CN(C)c1cccc(C(=O)NCc2ccc(-c3cccs3)o2)c1. The van der Waals surface area contributed by atoms with Crippen LogP contribution < -0.4 is 10.2 Å². The van der Waals surface area contributed by atoms with Gasteiger partial charge in [-0.15, -0.1) is 11.3 Å². The highest BCUT2D eigenvalue weighted by Gasteiger charge is 2.09. The van der Waals surface area contributed by atoms with E-state index in [1.165, 1.54) is 0 Å². The van der Waals surface area contributed by atoms with Crippen LogP contribution in [-0.2, 0) is 6.54 Å². The number of hydrogen-bond acceptors (Lipinski definition) is 4. The maximum absolute atomic E-state index is 12.3. The second-order valence-corrected chi connectivity index (χ2v) is 6.32. The molecular weight excluding hydrogens is 308 g/mol. The van der Waals surface area contributed by atoms with Crippen LogP contribution in [0.1, 0.15) is 16.1 Å². The normalized spacial score (nSPS) is 10.5. The summed E-state index contributed by atoms with van der Waals surface area (Å²) in [7, 11) is 3.90. The third-order valence-corrected chi connectivity index (χ3v) is 4.36. The van der Waals surface area contributed by atoms with Crippen LogP contribution in [0.3, 0.4) is 0 Å². The van der Waals surface area contributed by atoms with Crippen molar-refractivity contribution in [1.29, 1.82) is 0 Å². The molecule has 0 unspecified atom stereocenters. The number of amides is 1. The van der Waals surface area contributed by atoms with Crippen molar-refractivity contribution in [2.24, 2.45) is 0 Å². The maximum Gasteiger partial charge on any atom is 0.251 e. The van der Waals surface area contributed by atoms with Gasteiger partial charge in [-0.1, -0.05) is 12.1 Å². The molecular formula is C18H18N2O2S. The number of thiophene rings is 1. The number of nitrogens with one attached hydrogen (secondary N) is 1. The van der Waals surface area contributed by atoms with Crippen LogP contribution >= 0.6 is 11.3 Å². The maximum atomic E-state index is 12.3. The topological polar surface area (TPSA) is 45.5 Å². The average Bonchev–Trinajstić information content (AvgIpc) is 3.23. The molecule has 4 nitrogen and oxygen atoms in total. The number of furan rings is 1. The summed E-state index contributed by atoms with van der Waals surface area (Å²) in [5.41, 5.74) is 1.64. The molecule has 1 amide bonds. The Hall–Kier alpha value is -2.53. The molecule has 0 spiro atoms. The molecule has 0 atom stereocenters. The first kappa shape index (κ1) is 15.4. The summed E-state index contributed by atoms with van der Waals surface area (Å²) in [6.07, 6.45) is 0. The lowest BCUT2D eigenvalue weighted by Gasteiger charge is -2.13. The van der Waals surface area contributed by atoms with Crippen LogP contribution in [0, 0.1) is 0 Å². The van der Waals surface area contributed by atoms with E-state index in [2.05, 4.69) is 5.32 Å². The van der Waals surface area contributed by atoms with Crippen molar-refractivity contribution in [3.8, 4) is 10.6 Å². The number of benzene rings is 1. The Morgan fingerprint density at radius 1 is 1.17 bits per heavy atom. The number of anilines is 1. The van der Waals surface area contributed by atoms with Crippen molar-refractivity contribution in [3.63, 3.8) is 0 Å². The average molecular weight is 326 g/mol. The number of carbonyl (C=O) groups is 1. The Kier molecular flexibility index (Phi) is 4.48. The predicted octanol–water partition coefficient (Wildman–Crippen LogP) is 4.00. The monoisotopic (exact) mass is 326 g/mol. The summed E-state index contributed by atoms with van der Waals surface area (Å²) in [4.78, 5) is 15.3. The summed E-state index contributed by atoms with van der Waals surface area (Å²) in [6.45, 7) is 0.371. The molecule has 0 radical (unpaired) electrons. The molecule has 118 valence electrons. The van der Waals surface area contributed by atoms with Crippen LogP contribution in [-0.4, -0.2) is 20.0 Å². The van der Waals surface area contributed by atoms with E-state index in [9.17, 15) is 4.79 Å². The first-order valence-electron chi connectivity index (χ1n) is 7.31. The van der Waals surface area contributed by atoms with E-state index in [-0.39, 0.29) is 5.91 Å². The number of hydrogen-bond donors (Lipinski definition) is 1. The van der Waals surface area contributed by atoms with E-state index in [0.29, 0.717) is 12.1 Å². The summed E-state index contributed by atoms with van der Waals surface area (Å²) in [5, 5.41) is 4.90. The molecule has 0 aliphatic carbocycles. The van der Waals surface area contributed by atoms with Gasteiger partial charge in [-0.3, -0.25) is 4.79 Å². The zero-order valence-electron chi connectivity index (χ0n) is 13.1. The Balaban J connectivity index is 1.64. The van der Waals surface area contributed by atoms with Gasteiger partial charge in [-0.2, -0.15) is 0 Å². The van der Waals surface area contributed by atoms with Crippen molar-refractivity contribution >= 4 is 22.9 Å². The fourth-order valence-electron chi connectivity index (χ4n) is 2.22. The van der Waals surface area contributed by atoms with Crippen molar-refractivity contribution in [3.05, 3.63) is 65.2 Å². The van der Waals surface area contributed by atoms with Crippen LogP contribution in [0.5, 0.6) is 0 Å². The van der Waals surface area contributed by atoms with Crippen LogP contribution in [0.2, 0.25) is 0 Å². The smallest absolute Gasteiger partial charge is 0.251 e. The van der Waals surface area contributed by atoms with Gasteiger partial charge < -0.3 is 14.6 Å². The summed E-state index contributed by atoms with van der Waals surface area (Å²) >= 11 is 1.63. The molecule has 3 aromatic rings. The van der Waals surface area contributed by atoms with Crippen molar-refractivity contribution < 1.29 is 9.21 Å². The minimum absolute atomic E-state index is 0.109. The molecule has 3 rings (SSSR count). The molecule has 0 saturated carbocycles. The van der Waals surface area contributed by atoms with Crippen LogP contribution in [0.25, 0.3) is 10.6 Å². The zero-order valence-corrected chi connectivity index (χ0v) is 13.9. The van der Waals surface area contributed by atoms with Crippen molar-refractivity contribution in [2.45, 2.75) is 6.54 Å². The molecule has 0 aliphatic rings. The minimum Gasteiger partial charge on any atom is -0.458 e. The van der Waals surface area contributed by atoms with E-state index in [0.717, 1.165) is 22.1 Å². The van der Waals surface area contributed by atoms with E-state index in [1.54, 1.807) is 11.3 Å². The van der Waals surface area contributed by atoms with Crippen LogP contribution in [0.15, 0.2) is 58.3 Å². The summed E-state index contributed by atoms with van der Waals surface area (Å²) in [5.74, 6) is 1.46. The lowest BCUT2D eigenvalue weighted by Crippen LogP contribution is -2.22. The highest BCUT2D eigenvalue weighted by atomic mass is 32.1. The quantitative estimate of drug-likeness (QED) is 0.771. The van der Waals surface area contributed by atoms with Gasteiger partial charge >= 0.3 is 0 Å². The second kappa shape index (κ2) is 6.71. The van der Waals surface area contributed by atoms with Crippen LogP contribution in [0.4, 0.5) is 5.69 Å². The van der Waals surface area contributed by atoms with Gasteiger partial charge in [0, 0.05) is 25.3 Å². The van der Waals surface area contributed by atoms with Gasteiger partial charge in [-0.05, 0) is 41.8 Å². The lowest BCUT2D eigenvalue weighted by atomic mass is 10.2. The Morgan fingerprint density at radius 2 is 2.04 bits per heavy atom. The van der Waals surface area contributed by atoms with Crippen molar-refractivity contribution in [2.75, 3.05) is 19.0 Å². The predicted molar refractivity (Wildman–Crippen MR) is 94.0 cm³/mol. The van der Waals surface area contributed by atoms with Gasteiger partial charge in [0.25, 0.3) is 5.91 Å². The fourth-order valence-corrected chi connectivity index (χ4v) is 2.91. The van der Waals surface area contributed by atoms with E-state index >= 15 is 0 Å². The van der Waals surface area contributed by atoms with E-state index in [4.69, 9.17) is 4.42 Å². The third-order valence-electron chi connectivity index (χ3n) is 3.47. The summed E-state index contributed by atoms with van der Waals surface area (Å²) in [6, 6.07) is 15.4. The Labute approximate surface area is 139 Å². The highest BCUT2D eigenvalue weighted by Crippen LogP contribution is 2.26. The first-order valence-corrected chi connectivity index (χ1v) is 8.19. The lowest BCUT2D eigenvalue weighted by molar-refractivity contribution is 0.0948. The number of nitrogens with zero attached hydrogens (tertiary/aromatic N) is 1. The Bertz CT molecular complexity index is 791. The standard InChI is InChI=1S/C18H18N2O2S/c1-20(2)14-6-3-5-13(11-14)18(21)19-12-15-8-9-16(22-15)17-7-4-10-23-17/h3-11H,12H2,1-2H3,(H,19,21). The highest BCUT2D eigenvalue weighted by molar-refractivity contribution is 7.13. The van der Waals surface area contributed by atoms with Gasteiger partial charge in [0.1, 0.15) is 11.5 Å². The van der Waals surface area contributed by atoms with E-state index in [1.807, 2.05) is 72.9 Å². The largest absolute Gasteiger partial charge is 0.458 e. The Morgan fingerprint density at radius 3 is 2.78 bits per heavy atom. The third kappa shape index (κ3) is 3.63. The number of rotatable bonds is 5. The van der Waals surface area contributed by atoms with Gasteiger partial charge in [0.2, 0.25) is 0 Å². The molecule has 0 bridgehead atoms. The molecule has 2 aromatic heterocycles. The molecule has 1 N–H and O–H groups in total. The zero-order chi connectivity index (χ0) is 16.2. The summed E-state index contributed by atoms with van der Waals surface area (Å²) < 4.78 is 5.76. The molecule has 2 heterocycles. The van der Waals surface area contributed by atoms with Gasteiger partial charge in [-0.25, -0.2) is 0 Å². The van der Waals surface area contributed by atoms with E-state index < -0.39 is 0 Å². The molecule has 0 fully saturated rings. The first-order chi connectivity index (χ1) is 11.1. The van der Waals surface area contributed by atoms with Crippen molar-refractivity contribution in [1.82, 2.24) is 5.32 Å².